The van der Waals surface area contributed by atoms with Crippen LogP contribution in [0.4, 0.5) is 0 Å². The maximum Gasteiger partial charge on any atom is 0.140 e. The molecular weight excluding hydrogens is 248 g/mol. The Morgan fingerprint density at radius 3 is 2.33 bits per heavy atom. The van der Waals surface area contributed by atoms with Crippen molar-refractivity contribution in [2.45, 2.75) is 6.42 Å². The van der Waals surface area contributed by atoms with Crippen LogP contribution in [0.25, 0.3) is 0 Å². The summed E-state index contributed by atoms with van der Waals surface area (Å²) in [6, 6.07) is 17.0. The highest BCUT2D eigenvalue weighted by molar-refractivity contribution is 7.72. The van der Waals surface area contributed by atoms with E-state index in [0.29, 0.717) is 6.42 Å². The van der Waals surface area contributed by atoms with Gasteiger partial charge in [-0.25, -0.2) is 8.42 Å². The topological polar surface area (TPSA) is 43.4 Å². The summed E-state index contributed by atoms with van der Waals surface area (Å²) < 4.78 is 26.8. The van der Waals surface area contributed by atoms with E-state index in [4.69, 9.17) is 4.74 Å². The summed E-state index contributed by atoms with van der Waals surface area (Å²) in [5, 5.41) is 0. The van der Waals surface area contributed by atoms with Crippen molar-refractivity contribution in [1.82, 2.24) is 0 Å². The molecule has 0 saturated carbocycles. The lowest BCUT2D eigenvalue weighted by Crippen LogP contribution is -1.94. The van der Waals surface area contributed by atoms with Crippen molar-refractivity contribution in [3.05, 3.63) is 60.2 Å². The number of rotatable bonds is 5. The first-order valence-corrected chi connectivity index (χ1v) is 7.04. The Morgan fingerprint density at radius 1 is 0.889 bits per heavy atom. The minimum absolute atomic E-state index is 0.171. The summed E-state index contributed by atoms with van der Waals surface area (Å²) in [7, 11) is -2.32. The summed E-state index contributed by atoms with van der Waals surface area (Å²) >= 11 is 0. The van der Waals surface area contributed by atoms with Crippen LogP contribution in [-0.4, -0.2) is 14.2 Å². The largest absolute Gasteiger partial charge is 0.457 e. The van der Waals surface area contributed by atoms with Gasteiger partial charge in [-0.2, -0.15) is 0 Å². The second-order valence-corrected chi connectivity index (χ2v) is 4.98. The van der Waals surface area contributed by atoms with Crippen LogP contribution >= 0.6 is 0 Å². The molecule has 0 N–H and O–H groups in total. The molecular formula is C14H14O3S. The van der Waals surface area contributed by atoms with Gasteiger partial charge in [-0.15, -0.1) is 0 Å². The third-order valence-electron chi connectivity index (χ3n) is 2.46. The van der Waals surface area contributed by atoms with Crippen LogP contribution in [0.5, 0.6) is 11.5 Å². The Kier molecular flexibility index (Phi) is 4.36. The van der Waals surface area contributed by atoms with Crippen LogP contribution < -0.4 is 4.74 Å². The highest BCUT2D eigenvalue weighted by atomic mass is 32.2. The molecule has 0 aliphatic rings. The van der Waals surface area contributed by atoms with Gasteiger partial charge in [-0.1, -0.05) is 30.3 Å². The monoisotopic (exact) mass is 262 g/mol. The van der Waals surface area contributed by atoms with Gasteiger partial charge in [0.25, 0.3) is 0 Å². The molecule has 0 spiro atoms. The van der Waals surface area contributed by atoms with E-state index in [-0.39, 0.29) is 5.75 Å². The standard InChI is InChI=1S/C14H14O3S/c15-18(16)10-9-12-5-4-8-14(11-12)17-13-6-2-1-3-7-13/h1-8,11,18H,9-10H2. The molecule has 0 heterocycles. The molecule has 94 valence electrons. The molecule has 3 nitrogen and oxygen atoms in total. The van der Waals surface area contributed by atoms with Gasteiger partial charge in [0, 0.05) is 0 Å². The van der Waals surface area contributed by atoms with E-state index >= 15 is 0 Å². The van der Waals surface area contributed by atoms with Crippen LogP contribution in [0.15, 0.2) is 54.6 Å². The Hall–Kier alpha value is -1.81. The van der Waals surface area contributed by atoms with Gasteiger partial charge >= 0.3 is 0 Å². The number of para-hydroxylation sites is 1. The van der Waals surface area contributed by atoms with Crippen molar-refractivity contribution in [2.75, 3.05) is 5.75 Å². The summed E-state index contributed by atoms with van der Waals surface area (Å²) in [5.41, 5.74) is 0.961. The van der Waals surface area contributed by atoms with Crippen molar-refractivity contribution in [3.63, 3.8) is 0 Å². The Labute approximate surface area is 108 Å². The van der Waals surface area contributed by atoms with Gasteiger partial charge in [0.2, 0.25) is 0 Å². The average Bonchev–Trinajstić information content (AvgIpc) is 2.38. The molecule has 0 radical (unpaired) electrons. The SMILES string of the molecule is O=[SH](=O)CCc1cccc(Oc2ccccc2)c1. The maximum absolute atomic E-state index is 10.6. The number of aryl methyl sites for hydroxylation is 1. The number of benzene rings is 2. The zero-order valence-electron chi connectivity index (χ0n) is 9.78. The molecule has 2 aromatic carbocycles. The number of thiol groups is 1. The van der Waals surface area contributed by atoms with E-state index in [9.17, 15) is 8.42 Å². The lowest BCUT2D eigenvalue weighted by Gasteiger charge is -2.06. The molecule has 0 unspecified atom stereocenters. The predicted octanol–water partition coefficient (Wildman–Crippen LogP) is 2.63. The predicted molar refractivity (Wildman–Crippen MR) is 71.8 cm³/mol. The Balaban J connectivity index is 2.07. The minimum atomic E-state index is -2.32. The van der Waals surface area contributed by atoms with Crippen molar-refractivity contribution in [2.24, 2.45) is 0 Å². The first-order chi connectivity index (χ1) is 8.74. The maximum atomic E-state index is 10.6. The third kappa shape index (κ3) is 3.89. The zero-order valence-corrected chi connectivity index (χ0v) is 10.7. The van der Waals surface area contributed by atoms with Crippen LogP contribution in [0.3, 0.4) is 0 Å². The van der Waals surface area contributed by atoms with Crippen LogP contribution in [-0.2, 0) is 17.1 Å². The number of hydrogen-bond donors (Lipinski definition) is 1. The average molecular weight is 262 g/mol. The fraction of sp³-hybridized carbons (Fsp3) is 0.143. The highest BCUT2D eigenvalue weighted by Crippen LogP contribution is 2.21. The fourth-order valence-electron chi connectivity index (χ4n) is 1.61. The molecule has 0 fully saturated rings. The summed E-state index contributed by atoms with van der Waals surface area (Å²) in [5.74, 6) is 1.66. The molecule has 0 saturated heterocycles. The fourth-order valence-corrected chi connectivity index (χ4v) is 2.05. The van der Waals surface area contributed by atoms with E-state index in [0.717, 1.165) is 17.1 Å². The summed E-state index contributed by atoms with van der Waals surface area (Å²) in [6.07, 6.45) is 0.519. The van der Waals surface area contributed by atoms with E-state index in [2.05, 4.69) is 0 Å². The molecule has 0 amide bonds. The molecule has 0 atom stereocenters. The van der Waals surface area contributed by atoms with Gasteiger partial charge in [0.05, 0.1) is 5.75 Å². The smallest absolute Gasteiger partial charge is 0.140 e. The van der Waals surface area contributed by atoms with Crippen LogP contribution in [0.2, 0.25) is 0 Å². The molecule has 2 rings (SSSR count). The highest BCUT2D eigenvalue weighted by Gasteiger charge is 1.99. The summed E-state index contributed by atoms with van der Waals surface area (Å²) in [4.78, 5) is 0. The lowest BCUT2D eigenvalue weighted by atomic mass is 10.2. The second-order valence-electron chi connectivity index (χ2n) is 3.87. The van der Waals surface area contributed by atoms with Gasteiger partial charge in [0.1, 0.15) is 22.2 Å². The Morgan fingerprint density at radius 2 is 1.61 bits per heavy atom. The van der Waals surface area contributed by atoms with E-state index in [1.54, 1.807) is 0 Å². The molecule has 0 aromatic heterocycles. The number of ether oxygens (including phenoxy) is 1. The molecule has 2 aromatic rings. The number of hydrogen-bond acceptors (Lipinski definition) is 3. The molecule has 0 bridgehead atoms. The first-order valence-electron chi connectivity index (χ1n) is 5.68. The minimum Gasteiger partial charge on any atom is -0.457 e. The van der Waals surface area contributed by atoms with Crippen LogP contribution in [0, 0.1) is 0 Å². The van der Waals surface area contributed by atoms with Gasteiger partial charge in [0.15, 0.2) is 0 Å². The van der Waals surface area contributed by atoms with E-state index in [1.807, 2.05) is 54.6 Å². The Bertz CT molecular complexity index is 569. The van der Waals surface area contributed by atoms with Crippen molar-refractivity contribution < 1.29 is 13.2 Å². The van der Waals surface area contributed by atoms with E-state index in [1.165, 1.54) is 0 Å². The van der Waals surface area contributed by atoms with Gasteiger partial charge in [-0.3, -0.25) is 0 Å². The molecule has 18 heavy (non-hydrogen) atoms. The summed E-state index contributed by atoms with van der Waals surface area (Å²) in [6.45, 7) is 0. The zero-order chi connectivity index (χ0) is 12.8. The molecule has 0 aliphatic carbocycles. The second kappa shape index (κ2) is 6.21. The van der Waals surface area contributed by atoms with Crippen LogP contribution in [0.1, 0.15) is 5.56 Å². The van der Waals surface area contributed by atoms with Crippen molar-refractivity contribution in [3.8, 4) is 11.5 Å². The quantitative estimate of drug-likeness (QED) is 0.842. The lowest BCUT2D eigenvalue weighted by molar-refractivity contribution is 0.482. The van der Waals surface area contributed by atoms with E-state index < -0.39 is 10.7 Å². The molecule has 4 heteroatoms. The van der Waals surface area contributed by atoms with Crippen molar-refractivity contribution >= 4 is 10.7 Å². The van der Waals surface area contributed by atoms with Gasteiger partial charge in [-0.05, 0) is 36.2 Å². The third-order valence-corrected chi connectivity index (χ3v) is 3.05. The van der Waals surface area contributed by atoms with Crippen molar-refractivity contribution in [1.29, 1.82) is 0 Å². The normalized spacial score (nSPS) is 10.5. The molecule has 0 aliphatic heterocycles. The van der Waals surface area contributed by atoms with Gasteiger partial charge < -0.3 is 4.74 Å². The first kappa shape index (κ1) is 12.6.